The number of rotatable bonds is 3. The third-order valence-corrected chi connectivity index (χ3v) is 3.62. The molecule has 4 nitrogen and oxygen atoms in total. The average molecular weight is 301 g/mol. The molecule has 0 saturated carbocycles. The van der Waals surface area contributed by atoms with Crippen LogP contribution in [0.5, 0.6) is 0 Å². The van der Waals surface area contributed by atoms with Gasteiger partial charge in [-0.2, -0.15) is 0 Å². The summed E-state index contributed by atoms with van der Waals surface area (Å²) in [4.78, 5) is 1.60. The molecule has 1 fully saturated rings. The van der Waals surface area contributed by atoms with Crippen molar-refractivity contribution in [1.29, 1.82) is 0 Å². The lowest BCUT2D eigenvalue weighted by Crippen LogP contribution is -2.32. The lowest BCUT2D eigenvalue weighted by Gasteiger charge is -2.15. The van der Waals surface area contributed by atoms with Gasteiger partial charge in [0.05, 0.1) is 0 Å². The van der Waals surface area contributed by atoms with E-state index >= 15 is 0 Å². The number of hydrogen-bond donors (Lipinski definition) is 1. The monoisotopic (exact) mass is 301 g/mol. The highest BCUT2D eigenvalue weighted by Crippen LogP contribution is 2.26. The van der Waals surface area contributed by atoms with Crippen LogP contribution in [0.2, 0.25) is 0 Å². The van der Waals surface area contributed by atoms with E-state index in [1.165, 1.54) is 0 Å². The van der Waals surface area contributed by atoms with Gasteiger partial charge in [-0.3, -0.25) is 0 Å². The number of furan rings is 1. The van der Waals surface area contributed by atoms with E-state index in [1.54, 1.807) is 11.0 Å². The van der Waals surface area contributed by atoms with E-state index in [4.69, 9.17) is 21.4 Å². The molecule has 21 heavy (non-hydrogen) atoms. The van der Waals surface area contributed by atoms with Crippen LogP contribution in [0.15, 0.2) is 52.6 Å². The van der Waals surface area contributed by atoms with Gasteiger partial charge in [-0.05, 0) is 31.3 Å². The summed E-state index contributed by atoms with van der Waals surface area (Å²) in [6.07, 6.45) is 0.812. The molecule has 1 atom stereocenters. The van der Waals surface area contributed by atoms with Gasteiger partial charge in [0.1, 0.15) is 11.5 Å². The molecule has 1 unspecified atom stereocenters. The van der Waals surface area contributed by atoms with Crippen LogP contribution in [-0.2, 0) is 4.74 Å². The molecule has 0 spiro atoms. The lowest BCUT2D eigenvalue weighted by molar-refractivity contribution is 0.0991. The van der Waals surface area contributed by atoms with Gasteiger partial charge in [0, 0.05) is 18.2 Å². The Morgan fingerprint density at radius 3 is 2.67 bits per heavy atom. The van der Waals surface area contributed by atoms with Crippen molar-refractivity contribution in [2.24, 2.45) is 0 Å². The van der Waals surface area contributed by atoms with Crippen LogP contribution in [0.1, 0.15) is 12.7 Å². The van der Waals surface area contributed by atoms with E-state index in [1.807, 2.05) is 49.4 Å². The van der Waals surface area contributed by atoms with Gasteiger partial charge in [0.2, 0.25) is 0 Å². The smallest absolute Gasteiger partial charge is 0.267 e. The van der Waals surface area contributed by atoms with Gasteiger partial charge in [-0.25, -0.2) is 0 Å². The zero-order valence-electron chi connectivity index (χ0n) is 11.5. The normalized spacial score (nSPS) is 20.1. The third kappa shape index (κ3) is 2.70. The quantitative estimate of drug-likeness (QED) is 0.882. The number of nitrogens with zero attached hydrogens (tertiary/aromatic N) is 1. The van der Waals surface area contributed by atoms with Crippen LogP contribution >= 0.6 is 12.2 Å². The van der Waals surface area contributed by atoms with Crippen molar-refractivity contribution in [3.05, 3.63) is 54.0 Å². The number of ether oxygens (including phenoxy) is 1. The fraction of sp³-hybridized carbons (Fsp3) is 0.188. The number of hydrogen-bond acceptors (Lipinski definition) is 4. The van der Waals surface area contributed by atoms with Crippen LogP contribution in [0.25, 0.3) is 17.4 Å². The zero-order valence-corrected chi connectivity index (χ0v) is 12.3. The summed E-state index contributed by atoms with van der Waals surface area (Å²) < 4.78 is 11.2. The van der Waals surface area contributed by atoms with Crippen molar-refractivity contribution in [3.8, 4) is 11.3 Å². The van der Waals surface area contributed by atoms with Crippen LogP contribution in [0.3, 0.4) is 0 Å². The largest absolute Gasteiger partial charge is 0.457 e. The van der Waals surface area contributed by atoms with Gasteiger partial charge in [0.15, 0.2) is 12.0 Å². The molecule has 0 aliphatic carbocycles. The minimum Gasteiger partial charge on any atom is -0.457 e. The second-order valence-corrected chi connectivity index (χ2v) is 4.99. The van der Waals surface area contributed by atoms with Gasteiger partial charge in [-0.15, -0.1) is 0 Å². The Morgan fingerprint density at radius 1 is 1.24 bits per heavy atom. The second-order valence-electron chi connectivity index (χ2n) is 4.64. The van der Waals surface area contributed by atoms with Crippen molar-refractivity contribution in [2.75, 3.05) is 6.54 Å². The summed E-state index contributed by atoms with van der Waals surface area (Å²) in [5, 5.41) is 10.4. The first-order chi connectivity index (χ1) is 10.2. The molecule has 0 radical (unpaired) electrons. The molecule has 1 aromatic heterocycles. The fourth-order valence-corrected chi connectivity index (χ4v) is 2.52. The molecule has 108 valence electrons. The van der Waals surface area contributed by atoms with E-state index in [0.717, 1.165) is 11.3 Å². The number of aliphatic hydroxyl groups excluding tert-OH is 1. The molecular formula is C16H15NO3S. The van der Waals surface area contributed by atoms with Crippen LogP contribution < -0.4 is 0 Å². The molecular weight excluding hydrogens is 286 g/mol. The summed E-state index contributed by atoms with van der Waals surface area (Å²) >= 11 is 5.06. The minimum absolute atomic E-state index is 0.283. The molecule has 5 heteroatoms. The first-order valence-electron chi connectivity index (χ1n) is 6.72. The minimum atomic E-state index is -0.854. The molecule has 0 bridgehead atoms. The molecule has 1 N–H and O–H groups in total. The Morgan fingerprint density at radius 2 is 2.00 bits per heavy atom. The highest BCUT2D eigenvalue weighted by molar-refractivity contribution is 7.80. The highest BCUT2D eigenvalue weighted by Gasteiger charge is 2.32. The highest BCUT2D eigenvalue weighted by atomic mass is 32.1. The maximum atomic E-state index is 10.1. The van der Waals surface area contributed by atoms with E-state index in [2.05, 4.69) is 0 Å². The van der Waals surface area contributed by atoms with Crippen LogP contribution in [-0.4, -0.2) is 28.0 Å². The Balaban J connectivity index is 1.85. The van der Waals surface area contributed by atoms with Gasteiger partial charge in [0.25, 0.3) is 5.17 Å². The number of likely N-dealkylation sites (N-methyl/N-ethyl adjacent to an activating group) is 1. The molecule has 3 rings (SSSR count). The summed E-state index contributed by atoms with van der Waals surface area (Å²) in [6.45, 7) is 2.49. The van der Waals surface area contributed by atoms with Crippen LogP contribution in [0, 0.1) is 0 Å². The molecule has 2 aromatic rings. The first-order valence-corrected chi connectivity index (χ1v) is 7.13. The Labute approximate surface area is 128 Å². The standard InChI is InChI=1S/C16H15NO3S/c1-2-17-15(18)14(20-16(17)21)10-12-8-9-13(19-12)11-6-4-3-5-7-11/h3-10,15,18H,2H2,1H3. The summed E-state index contributed by atoms with van der Waals surface area (Å²) in [7, 11) is 0. The van der Waals surface area contributed by atoms with E-state index in [0.29, 0.717) is 18.1 Å². The molecule has 1 aliphatic heterocycles. The third-order valence-electron chi connectivity index (χ3n) is 3.30. The molecule has 1 saturated heterocycles. The van der Waals surface area contributed by atoms with Gasteiger partial charge in [-0.1, -0.05) is 30.3 Å². The average Bonchev–Trinajstić information content (AvgIpc) is 3.06. The zero-order chi connectivity index (χ0) is 14.8. The van der Waals surface area contributed by atoms with E-state index in [9.17, 15) is 5.11 Å². The van der Waals surface area contributed by atoms with Gasteiger partial charge < -0.3 is 19.2 Å². The van der Waals surface area contributed by atoms with Crippen LogP contribution in [0.4, 0.5) is 0 Å². The Hall–Kier alpha value is -2.11. The van der Waals surface area contributed by atoms with Crippen molar-refractivity contribution in [1.82, 2.24) is 4.90 Å². The van der Waals surface area contributed by atoms with Gasteiger partial charge >= 0.3 is 0 Å². The lowest BCUT2D eigenvalue weighted by atomic mass is 10.2. The van der Waals surface area contributed by atoms with Crippen molar-refractivity contribution >= 4 is 23.5 Å². The predicted molar refractivity (Wildman–Crippen MR) is 84.2 cm³/mol. The van der Waals surface area contributed by atoms with Crippen molar-refractivity contribution < 1.29 is 14.3 Å². The first kappa shape index (κ1) is 13.9. The van der Waals surface area contributed by atoms with Crippen molar-refractivity contribution in [3.63, 3.8) is 0 Å². The van der Waals surface area contributed by atoms with E-state index in [-0.39, 0.29) is 5.17 Å². The maximum Gasteiger partial charge on any atom is 0.267 e. The second kappa shape index (κ2) is 5.71. The SMILES string of the molecule is CCN1C(=S)OC(=Cc2ccc(-c3ccccc3)o2)C1O. The Bertz CT molecular complexity index is 678. The fourth-order valence-electron chi connectivity index (χ4n) is 2.20. The molecule has 1 aliphatic rings. The maximum absolute atomic E-state index is 10.1. The molecule has 1 aromatic carbocycles. The molecule has 2 heterocycles. The summed E-state index contributed by atoms with van der Waals surface area (Å²) in [5.41, 5.74) is 1.00. The van der Waals surface area contributed by atoms with Crippen molar-refractivity contribution in [2.45, 2.75) is 13.2 Å². The molecule has 0 amide bonds. The topological polar surface area (TPSA) is 45.8 Å². The number of benzene rings is 1. The summed E-state index contributed by atoms with van der Waals surface area (Å²) in [6, 6.07) is 13.5. The Kier molecular flexibility index (Phi) is 3.77. The summed E-state index contributed by atoms with van der Waals surface area (Å²) in [5.74, 6) is 1.77. The van der Waals surface area contributed by atoms with E-state index < -0.39 is 6.23 Å². The number of aliphatic hydroxyl groups is 1. The predicted octanol–water partition coefficient (Wildman–Crippen LogP) is 3.24. The number of thiocarbonyl (C=S) groups is 1.